The number of likely N-dealkylation sites (tertiary alicyclic amines) is 1. The maximum Gasteiger partial charge on any atom is 0.255 e. The lowest BCUT2D eigenvalue weighted by Crippen LogP contribution is -2.38. The van der Waals surface area contributed by atoms with Crippen LogP contribution in [0.1, 0.15) is 23.2 Å². The summed E-state index contributed by atoms with van der Waals surface area (Å²) in [6.45, 7) is 1.28. The Morgan fingerprint density at radius 3 is 2.64 bits per heavy atom. The summed E-state index contributed by atoms with van der Waals surface area (Å²) < 4.78 is 1.81. The third kappa shape index (κ3) is 2.83. The summed E-state index contributed by atoms with van der Waals surface area (Å²) in [6.07, 6.45) is 5.03. The topological polar surface area (TPSA) is 87.2 Å². The normalized spacial score (nSPS) is 15.2. The van der Waals surface area contributed by atoms with Crippen LogP contribution in [0, 0.1) is 17.2 Å². The van der Waals surface area contributed by atoms with Gasteiger partial charge in [-0.05, 0) is 31.0 Å². The molecule has 7 heteroatoms. The van der Waals surface area contributed by atoms with Gasteiger partial charge in [0.05, 0.1) is 6.07 Å². The van der Waals surface area contributed by atoms with E-state index in [1.807, 2.05) is 45.8 Å². The Morgan fingerprint density at radius 1 is 1.16 bits per heavy atom. The number of nitrogens with zero attached hydrogens (tertiary/aromatic N) is 6. The van der Waals surface area contributed by atoms with Gasteiger partial charge < -0.3 is 4.90 Å². The van der Waals surface area contributed by atoms with Crippen LogP contribution in [-0.4, -0.2) is 43.5 Å². The highest BCUT2D eigenvalue weighted by Crippen LogP contribution is 2.21. The second-order valence-corrected chi connectivity index (χ2v) is 6.09. The smallest absolute Gasteiger partial charge is 0.255 e. The largest absolute Gasteiger partial charge is 0.339 e. The fourth-order valence-electron chi connectivity index (χ4n) is 3.10. The van der Waals surface area contributed by atoms with Crippen molar-refractivity contribution in [1.82, 2.24) is 24.5 Å². The molecule has 0 atom stereocenters. The molecule has 25 heavy (non-hydrogen) atoms. The van der Waals surface area contributed by atoms with E-state index < -0.39 is 0 Å². The van der Waals surface area contributed by atoms with Crippen LogP contribution in [0.5, 0.6) is 0 Å². The second kappa shape index (κ2) is 6.32. The number of piperidine rings is 1. The van der Waals surface area contributed by atoms with Crippen molar-refractivity contribution in [3.05, 3.63) is 48.3 Å². The van der Waals surface area contributed by atoms with Crippen molar-refractivity contribution in [1.29, 1.82) is 5.26 Å². The Kier molecular flexibility index (Phi) is 3.86. The Morgan fingerprint density at radius 2 is 1.92 bits per heavy atom. The Bertz CT molecular complexity index is 948. The van der Waals surface area contributed by atoms with Gasteiger partial charge in [0, 0.05) is 42.5 Å². The summed E-state index contributed by atoms with van der Waals surface area (Å²) in [5.41, 5.74) is 1.52. The third-order valence-corrected chi connectivity index (χ3v) is 4.54. The van der Waals surface area contributed by atoms with Crippen LogP contribution in [0.2, 0.25) is 0 Å². The molecule has 7 nitrogen and oxygen atoms in total. The first-order chi connectivity index (χ1) is 12.3. The summed E-state index contributed by atoms with van der Waals surface area (Å²) in [6, 6.07) is 11.5. The summed E-state index contributed by atoms with van der Waals surface area (Å²) in [7, 11) is 0. The number of rotatable bonds is 2. The predicted octanol–water partition coefficient (Wildman–Crippen LogP) is 2.17. The molecule has 3 heterocycles. The van der Waals surface area contributed by atoms with Crippen LogP contribution >= 0.6 is 0 Å². The maximum atomic E-state index is 12.6. The van der Waals surface area contributed by atoms with Crippen molar-refractivity contribution in [3.63, 3.8) is 0 Å². The minimum Gasteiger partial charge on any atom is -0.339 e. The monoisotopic (exact) mass is 332 g/mol. The van der Waals surface area contributed by atoms with Crippen LogP contribution in [0.25, 0.3) is 17.2 Å². The molecule has 0 unspecified atom stereocenters. The molecule has 0 aliphatic carbocycles. The average molecular weight is 332 g/mol. The molecule has 4 rings (SSSR count). The highest BCUT2D eigenvalue weighted by molar-refractivity contribution is 5.94. The van der Waals surface area contributed by atoms with Gasteiger partial charge in [0.15, 0.2) is 5.82 Å². The van der Waals surface area contributed by atoms with Gasteiger partial charge in [0.2, 0.25) is 0 Å². The molecule has 1 aromatic carbocycles. The van der Waals surface area contributed by atoms with Gasteiger partial charge in [-0.2, -0.15) is 5.26 Å². The lowest BCUT2D eigenvalue weighted by molar-refractivity contribution is 0.0707. The van der Waals surface area contributed by atoms with Crippen molar-refractivity contribution < 1.29 is 4.79 Å². The fourth-order valence-corrected chi connectivity index (χ4v) is 3.10. The van der Waals surface area contributed by atoms with Gasteiger partial charge in [-0.15, -0.1) is 10.2 Å². The van der Waals surface area contributed by atoms with Gasteiger partial charge in [-0.1, -0.05) is 12.1 Å². The summed E-state index contributed by atoms with van der Waals surface area (Å²) in [5.74, 6) is 1.31. The van der Waals surface area contributed by atoms with Gasteiger partial charge in [-0.3, -0.25) is 9.20 Å². The average Bonchev–Trinajstić information content (AvgIpc) is 3.12. The lowest BCUT2D eigenvalue weighted by Gasteiger charge is -2.29. The van der Waals surface area contributed by atoms with Crippen LogP contribution in [0.4, 0.5) is 0 Å². The summed E-state index contributed by atoms with van der Waals surface area (Å²) in [4.78, 5) is 18.6. The van der Waals surface area contributed by atoms with E-state index in [2.05, 4.69) is 21.3 Å². The highest BCUT2D eigenvalue weighted by Gasteiger charge is 2.23. The molecule has 1 amide bonds. The number of hydrogen-bond acceptors (Lipinski definition) is 5. The molecule has 2 aromatic heterocycles. The first kappa shape index (κ1) is 15.3. The molecule has 3 aromatic rings. The molecule has 124 valence electrons. The van der Waals surface area contributed by atoms with E-state index in [4.69, 9.17) is 5.26 Å². The number of hydrogen-bond donors (Lipinski definition) is 0. The number of aromatic nitrogens is 4. The van der Waals surface area contributed by atoms with E-state index >= 15 is 0 Å². The predicted molar refractivity (Wildman–Crippen MR) is 90.5 cm³/mol. The molecule has 1 fully saturated rings. The van der Waals surface area contributed by atoms with Crippen molar-refractivity contribution in [2.45, 2.75) is 12.8 Å². The van der Waals surface area contributed by atoms with Crippen LogP contribution < -0.4 is 0 Å². The number of nitriles is 1. The van der Waals surface area contributed by atoms with Crippen LogP contribution in [0.3, 0.4) is 0 Å². The Hall–Kier alpha value is -3.27. The zero-order chi connectivity index (χ0) is 17.2. The van der Waals surface area contributed by atoms with E-state index in [0.29, 0.717) is 30.3 Å². The quantitative estimate of drug-likeness (QED) is 0.718. The highest BCUT2D eigenvalue weighted by atomic mass is 16.2. The van der Waals surface area contributed by atoms with Gasteiger partial charge >= 0.3 is 0 Å². The van der Waals surface area contributed by atoms with E-state index in [0.717, 1.165) is 18.4 Å². The van der Waals surface area contributed by atoms with Crippen molar-refractivity contribution >= 4 is 11.7 Å². The Labute approximate surface area is 144 Å². The molecule has 0 spiro atoms. The van der Waals surface area contributed by atoms with Crippen molar-refractivity contribution in [2.75, 3.05) is 13.1 Å². The molecular weight excluding hydrogens is 316 g/mol. The van der Waals surface area contributed by atoms with Crippen molar-refractivity contribution in [3.8, 4) is 17.5 Å². The maximum absolute atomic E-state index is 12.6. The van der Waals surface area contributed by atoms with Gasteiger partial charge in [-0.25, -0.2) is 4.98 Å². The standard InChI is InChI=1S/C18H16N6O/c19-12-13-6-10-23(11-7-13)17(25)15-4-2-14(3-5-15)16-21-22-18-20-8-1-9-24(16)18/h1-5,8-9,13H,6-7,10-11H2. The molecule has 1 aliphatic rings. The molecule has 1 aliphatic heterocycles. The van der Waals surface area contributed by atoms with Crippen LogP contribution in [-0.2, 0) is 0 Å². The third-order valence-electron chi connectivity index (χ3n) is 4.54. The molecule has 0 radical (unpaired) electrons. The van der Waals surface area contributed by atoms with E-state index in [-0.39, 0.29) is 11.8 Å². The minimum atomic E-state index is 0.00991. The molecule has 0 saturated carbocycles. The molecule has 0 bridgehead atoms. The second-order valence-electron chi connectivity index (χ2n) is 6.09. The van der Waals surface area contributed by atoms with E-state index in [9.17, 15) is 4.79 Å². The van der Waals surface area contributed by atoms with Crippen LogP contribution in [0.15, 0.2) is 42.7 Å². The number of carbonyl (C=O) groups excluding carboxylic acids is 1. The summed E-state index contributed by atoms with van der Waals surface area (Å²) in [5, 5.41) is 17.2. The zero-order valence-electron chi connectivity index (χ0n) is 13.5. The Balaban J connectivity index is 1.54. The number of fused-ring (bicyclic) bond motifs is 1. The van der Waals surface area contributed by atoms with Crippen molar-refractivity contribution in [2.24, 2.45) is 5.92 Å². The van der Waals surface area contributed by atoms with E-state index in [1.54, 1.807) is 6.20 Å². The fraction of sp³-hybridized carbons (Fsp3) is 0.278. The van der Waals surface area contributed by atoms with E-state index in [1.165, 1.54) is 0 Å². The SMILES string of the molecule is N#CC1CCN(C(=O)c2ccc(-c3nnc4ncccn34)cc2)CC1. The molecule has 1 saturated heterocycles. The zero-order valence-corrected chi connectivity index (χ0v) is 13.5. The lowest BCUT2D eigenvalue weighted by atomic mass is 9.98. The first-order valence-corrected chi connectivity index (χ1v) is 8.21. The summed E-state index contributed by atoms with van der Waals surface area (Å²) >= 11 is 0. The van der Waals surface area contributed by atoms with Gasteiger partial charge in [0.1, 0.15) is 0 Å². The number of amides is 1. The first-order valence-electron chi connectivity index (χ1n) is 8.21. The number of carbonyl (C=O) groups is 1. The number of benzene rings is 1. The molecular formula is C18H16N6O. The molecule has 0 N–H and O–H groups in total. The minimum absolute atomic E-state index is 0.00991. The van der Waals surface area contributed by atoms with Gasteiger partial charge in [0.25, 0.3) is 11.7 Å².